The molecule has 1 aromatic carbocycles. The van der Waals surface area contributed by atoms with Crippen LogP contribution < -0.4 is 0 Å². The molecule has 0 saturated heterocycles. The summed E-state index contributed by atoms with van der Waals surface area (Å²) in [5.74, 6) is -0.160. The van der Waals surface area contributed by atoms with Gasteiger partial charge in [-0.1, -0.05) is 6.92 Å². The lowest BCUT2D eigenvalue weighted by Crippen LogP contribution is -2.47. The van der Waals surface area contributed by atoms with Gasteiger partial charge in [-0.3, -0.25) is 4.79 Å². The second-order valence-corrected chi connectivity index (χ2v) is 7.02. The first-order chi connectivity index (χ1) is 11.0. The van der Waals surface area contributed by atoms with Crippen molar-refractivity contribution in [2.24, 2.45) is 11.3 Å². The lowest BCUT2D eigenvalue weighted by Gasteiger charge is -2.41. The first-order valence-corrected chi connectivity index (χ1v) is 7.94. The van der Waals surface area contributed by atoms with Gasteiger partial charge in [0.2, 0.25) is 0 Å². The Morgan fingerprint density at radius 1 is 1.35 bits per heavy atom. The summed E-state index contributed by atoms with van der Waals surface area (Å²) in [7, 11) is 0. The Morgan fingerprint density at radius 3 is 2.78 bits per heavy atom. The number of carbonyl (C=O) groups is 1. The summed E-state index contributed by atoms with van der Waals surface area (Å²) in [5, 5.41) is 4.41. The maximum atomic E-state index is 15.0. The summed E-state index contributed by atoms with van der Waals surface area (Å²) in [5.41, 5.74) is 0.440. The Morgan fingerprint density at radius 2 is 2.09 bits per heavy atom. The Kier molecular flexibility index (Phi) is 2.99. The summed E-state index contributed by atoms with van der Waals surface area (Å²) < 4.78 is 29.9. The Balaban J connectivity index is 1.76. The Hall–Kier alpha value is -2.04. The van der Waals surface area contributed by atoms with E-state index in [1.165, 1.54) is 12.1 Å². The molecule has 3 nitrogen and oxygen atoms in total. The van der Waals surface area contributed by atoms with Crippen molar-refractivity contribution >= 4 is 6.29 Å². The smallest absolute Gasteiger partial charge is 0.171 e. The fourth-order valence-corrected chi connectivity index (χ4v) is 4.35. The van der Waals surface area contributed by atoms with Gasteiger partial charge in [-0.2, -0.15) is 5.10 Å². The van der Waals surface area contributed by atoms with E-state index in [1.807, 2.05) is 11.6 Å². The summed E-state index contributed by atoms with van der Waals surface area (Å²) in [6.07, 6.45) is 4.48. The molecule has 5 heteroatoms. The number of benzene rings is 1. The lowest BCUT2D eigenvalue weighted by molar-refractivity contribution is -0.125. The van der Waals surface area contributed by atoms with Crippen molar-refractivity contribution in [3.05, 3.63) is 47.5 Å². The van der Waals surface area contributed by atoms with Crippen LogP contribution in [0.15, 0.2) is 30.5 Å². The van der Waals surface area contributed by atoms with E-state index >= 15 is 0 Å². The second-order valence-electron chi connectivity index (χ2n) is 7.02. The molecule has 1 aromatic heterocycles. The molecule has 0 spiro atoms. The minimum atomic E-state index is -1.74. The van der Waals surface area contributed by atoms with Crippen molar-refractivity contribution in [1.29, 1.82) is 0 Å². The number of aromatic nitrogens is 2. The molecule has 4 rings (SSSR count). The van der Waals surface area contributed by atoms with Gasteiger partial charge in [0, 0.05) is 11.1 Å². The molecule has 2 aromatic rings. The minimum absolute atomic E-state index is 0.126. The van der Waals surface area contributed by atoms with Crippen molar-refractivity contribution in [3.8, 4) is 5.69 Å². The van der Waals surface area contributed by atoms with E-state index < -0.39 is 11.1 Å². The largest absolute Gasteiger partial charge is 0.300 e. The highest BCUT2D eigenvalue weighted by Crippen LogP contribution is 2.57. The van der Waals surface area contributed by atoms with Gasteiger partial charge in [0.25, 0.3) is 0 Å². The number of rotatable bonds is 2. The van der Waals surface area contributed by atoms with E-state index in [-0.39, 0.29) is 11.7 Å². The molecule has 1 unspecified atom stereocenters. The predicted molar refractivity (Wildman–Crippen MR) is 81.7 cm³/mol. The summed E-state index contributed by atoms with van der Waals surface area (Å²) in [6.45, 7) is 1.89. The van der Waals surface area contributed by atoms with Gasteiger partial charge in [-0.25, -0.2) is 13.5 Å². The predicted octanol–water partition coefficient (Wildman–Crippen LogP) is 3.43. The number of nitrogens with zero attached hydrogens (tertiary/aromatic N) is 2. The number of hydrogen-bond acceptors (Lipinski definition) is 2. The third-order valence-electron chi connectivity index (χ3n) is 5.92. The molecule has 0 N–H and O–H groups in total. The number of carbonyl (C=O) groups excluding carboxylic acids is 1. The maximum Gasteiger partial charge on any atom is 0.171 e. The van der Waals surface area contributed by atoms with E-state index in [1.54, 1.807) is 18.3 Å². The molecule has 2 aliphatic carbocycles. The number of hydrogen-bond donors (Lipinski definition) is 0. The second kappa shape index (κ2) is 4.73. The van der Waals surface area contributed by atoms with E-state index in [2.05, 4.69) is 5.10 Å². The van der Waals surface area contributed by atoms with Crippen LogP contribution in [0.2, 0.25) is 0 Å². The maximum absolute atomic E-state index is 15.0. The topological polar surface area (TPSA) is 34.9 Å². The van der Waals surface area contributed by atoms with Gasteiger partial charge < -0.3 is 0 Å². The molecule has 0 bridgehead atoms. The van der Waals surface area contributed by atoms with Crippen molar-refractivity contribution in [3.63, 3.8) is 0 Å². The van der Waals surface area contributed by atoms with Crippen LogP contribution in [0.5, 0.6) is 0 Å². The average molecular weight is 316 g/mol. The van der Waals surface area contributed by atoms with Crippen LogP contribution in [0.25, 0.3) is 5.69 Å². The van der Waals surface area contributed by atoms with Gasteiger partial charge in [0.1, 0.15) is 5.82 Å². The highest BCUT2D eigenvalue weighted by atomic mass is 19.1. The van der Waals surface area contributed by atoms with Gasteiger partial charge in [0.15, 0.2) is 12.0 Å². The standard InChI is InChI=1S/C18H18F2N2O/c1-17-9-12-10-21-22(15-4-2-14(19)3-5-15)16(12)8-13(17)6-7-18(17,20)11-23/h2-5,10-11,13H,6-9H2,1H3/t13?,17-,18-/m0/s1. The molecule has 1 saturated carbocycles. The third kappa shape index (κ3) is 1.92. The summed E-state index contributed by atoms with van der Waals surface area (Å²) in [6, 6.07) is 6.20. The first-order valence-electron chi connectivity index (χ1n) is 7.94. The summed E-state index contributed by atoms with van der Waals surface area (Å²) in [4.78, 5) is 11.3. The van der Waals surface area contributed by atoms with Crippen LogP contribution in [-0.4, -0.2) is 21.7 Å². The van der Waals surface area contributed by atoms with Gasteiger partial charge in [-0.15, -0.1) is 0 Å². The van der Waals surface area contributed by atoms with Gasteiger partial charge in [-0.05, 0) is 61.4 Å². The molecule has 120 valence electrons. The monoisotopic (exact) mass is 316 g/mol. The normalized spacial score (nSPS) is 32.4. The number of aldehydes is 1. The first kappa shape index (κ1) is 14.5. The molecule has 0 amide bonds. The molecule has 0 radical (unpaired) electrons. The SMILES string of the molecule is C[C@]12Cc3cnn(-c4ccc(F)cc4)c3CC1CC[C@]2(F)C=O. The fraction of sp³-hybridized carbons (Fsp3) is 0.444. The molecular weight excluding hydrogens is 298 g/mol. The van der Waals surface area contributed by atoms with E-state index in [9.17, 15) is 13.6 Å². The zero-order valence-corrected chi connectivity index (χ0v) is 12.9. The number of fused-ring (bicyclic) bond motifs is 2. The van der Waals surface area contributed by atoms with Crippen molar-refractivity contribution in [1.82, 2.24) is 9.78 Å². The molecule has 3 atom stereocenters. The molecule has 23 heavy (non-hydrogen) atoms. The van der Waals surface area contributed by atoms with Crippen LogP contribution in [-0.2, 0) is 17.6 Å². The van der Waals surface area contributed by atoms with E-state index in [0.29, 0.717) is 32.0 Å². The number of halogens is 2. The van der Waals surface area contributed by atoms with Crippen LogP contribution >= 0.6 is 0 Å². The molecule has 1 heterocycles. The van der Waals surface area contributed by atoms with Gasteiger partial charge in [0.05, 0.1) is 11.9 Å². The Bertz CT molecular complexity index is 770. The van der Waals surface area contributed by atoms with Crippen LogP contribution in [0.3, 0.4) is 0 Å². The van der Waals surface area contributed by atoms with Crippen molar-refractivity contribution in [2.45, 2.75) is 38.3 Å². The zero-order chi connectivity index (χ0) is 16.2. The van der Waals surface area contributed by atoms with Crippen LogP contribution in [0, 0.1) is 17.2 Å². The highest BCUT2D eigenvalue weighted by molar-refractivity contribution is 5.66. The van der Waals surface area contributed by atoms with Crippen molar-refractivity contribution in [2.75, 3.05) is 0 Å². The fourth-order valence-electron chi connectivity index (χ4n) is 4.35. The molecule has 1 fully saturated rings. The summed E-state index contributed by atoms with van der Waals surface area (Å²) >= 11 is 0. The van der Waals surface area contributed by atoms with Crippen LogP contribution in [0.4, 0.5) is 8.78 Å². The van der Waals surface area contributed by atoms with E-state index in [4.69, 9.17) is 0 Å². The quantitative estimate of drug-likeness (QED) is 0.796. The van der Waals surface area contributed by atoms with Gasteiger partial charge >= 0.3 is 0 Å². The van der Waals surface area contributed by atoms with Crippen molar-refractivity contribution < 1.29 is 13.6 Å². The van der Waals surface area contributed by atoms with Crippen LogP contribution in [0.1, 0.15) is 31.0 Å². The highest BCUT2D eigenvalue weighted by Gasteiger charge is 2.60. The third-order valence-corrected chi connectivity index (χ3v) is 5.92. The Labute approximate surface area is 133 Å². The zero-order valence-electron chi connectivity index (χ0n) is 12.9. The molecule has 0 aliphatic heterocycles. The molecular formula is C18H18F2N2O. The minimum Gasteiger partial charge on any atom is -0.300 e. The lowest BCUT2D eigenvalue weighted by atomic mass is 9.64. The number of alkyl halides is 1. The average Bonchev–Trinajstić information content (AvgIpc) is 3.05. The van der Waals surface area contributed by atoms with E-state index in [0.717, 1.165) is 16.9 Å². The molecule has 2 aliphatic rings.